The van der Waals surface area contributed by atoms with Crippen molar-refractivity contribution < 1.29 is 4.42 Å². The minimum atomic E-state index is -0.496. The molecule has 1 spiro atoms. The molecule has 3 nitrogen and oxygen atoms in total. The van der Waals surface area contributed by atoms with Gasteiger partial charge in [-0.3, -0.25) is 0 Å². The Balaban J connectivity index is 1.02. The topological polar surface area (TPSA) is 21.3 Å². The molecule has 0 radical (unpaired) electrons. The summed E-state index contributed by atoms with van der Waals surface area (Å²) in [5.41, 5.74) is 15.9. The maximum Gasteiger partial charge on any atom is 0.137 e. The molecule has 2 aliphatic rings. The minimum absolute atomic E-state index is 0.496. The van der Waals surface area contributed by atoms with Crippen LogP contribution in [0.15, 0.2) is 233 Å². The van der Waals surface area contributed by atoms with Gasteiger partial charge in [-0.05, 0) is 112 Å². The lowest BCUT2D eigenvalue weighted by atomic mass is 9.59. The first-order valence-corrected chi connectivity index (χ1v) is 22.4. The zero-order chi connectivity index (χ0) is 41.2. The number of fused-ring (bicyclic) bond motifs is 14. The van der Waals surface area contributed by atoms with E-state index in [1.165, 1.54) is 64.7 Å². The van der Waals surface area contributed by atoms with Gasteiger partial charge in [0.25, 0.3) is 0 Å². The molecule has 0 fully saturated rings. The van der Waals surface area contributed by atoms with Crippen LogP contribution in [-0.2, 0) is 5.41 Å². The Labute approximate surface area is 368 Å². The van der Waals surface area contributed by atoms with E-state index >= 15 is 0 Å². The monoisotopic (exact) mass is 820 g/mol. The van der Waals surface area contributed by atoms with Crippen LogP contribution in [0.25, 0.3) is 71.3 Å². The molecular formula is C59H36N2OS. The lowest BCUT2D eigenvalue weighted by Crippen LogP contribution is -2.36. The third-order valence-electron chi connectivity index (χ3n) is 13.6. The average molecular weight is 821 g/mol. The molecule has 10 aromatic carbocycles. The predicted octanol–water partition coefficient (Wildman–Crippen LogP) is 16.1. The molecule has 0 unspecified atom stereocenters. The second kappa shape index (κ2) is 13.1. The van der Waals surface area contributed by atoms with Gasteiger partial charge in [-0.1, -0.05) is 151 Å². The van der Waals surface area contributed by atoms with Crippen molar-refractivity contribution in [1.29, 1.82) is 0 Å². The summed E-state index contributed by atoms with van der Waals surface area (Å²) >= 11 is 1.89. The fourth-order valence-electron chi connectivity index (χ4n) is 11.1. The molecule has 1 aliphatic carbocycles. The van der Waals surface area contributed by atoms with Crippen molar-refractivity contribution in [2.24, 2.45) is 0 Å². The van der Waals surface area contributed by atoms with Gasteiger partial charge in [-0.15, -0.1) is 0 Å². The maximum absolute atomic E-state index is 6.40. The Hall–Kier alpha value is -7.79. The van der Waals surface area contributed by atoms with E-state index in [9.17, 15) is 0 Å². The van der Waals surface area contributed by atoms with Crippen LogP contribution in [0.5, 0.6) is 0 Å². The van der Waals surface area contributed by atoms with Gasteiger partial charge >= 0.3 is 0 Å². The fourth-order valence-corrected chi connectivity index (χ4v) is 12.3. The highest BCUT2D eigenvalue weighted by molar-refractivity contribution is 7.99. The van der Waals surface area contributed by atoms with E-state index in [2.05, 4.69) is 216 Å². The van der Waals surface area contributed by atoms with E-state index < -0.39 is 5.41 Å². The molecule has 0 N–H and O–H groups in total. The lowest BCUT2D eigenvalue weighted by molar-refractivity contribution is 0.668. The number of anilines is 3. The first kappa shape index (κ1) is 34.9. The largest absolute Gasteiger partial charge is 0.456 e. The molecule has 14 rings (SSSR count). The highest BCUT2D eigenvalue weighted by Crippen LogP contribution is 2.62. The highest BCUT2D eigenvalue weighted by Gasteiger charge is 2.48. The van der Waals surface area contributed by atoms with Crippen LogP contribution in [0.2, 0.25) is 0 Å². The van der Waals surface area contributed by atoms with Crippen molar-refractivity contribution in [3.8, 4) is 16.8 Å². The summed E-state index contributed by atoms with van der Waals surface area (Å²) in [6.45, 7) is 0. The van der Waals surface area contributed by atoms with Crippen LogP contribution in [0, 0.1) is 0 Å². The van der Waals surface area contributed by atoms with Gasteiger partial charge in [0.1, 0.15) is 11.2 Å². The summed E-state index contributed by atoms with van der Waals surface area (Å²) in [4.78, 5) is 5.07. The number of hydrogen-bond acceptors (Lipinski definition) is 3. The lowest BCUT2D eigenvalue weighted by Gasteiger charge is -2.46. The Morgan fingerprint density at radius 1 is 0.397 bits per heavy atom. The van der Waals surface area contributed by atoms with Crippen molar-refractivity contribution in [3.63, 3.8) is 0 Å². The third-order valence-corrected chi connectivity index (χ3v) is 14.8. The van der Waals surface area contributed by atoms with Crippen molar-refractivity contribution in [2.75, 3.05) is 4.90 Å². The molecule has 0 saturated heterocycles. The number of benzene rings is 10. The van der Waals surface area contributed by atoms with E-state index in [0.717, 1.165) is 55.7 Å². The van der Waals surface area contributed by atoms with Crippen LogP contribution >= 0.6 is 11.8 Å². The van der Waals surface area contributed by atoms with Crippen LogP contribution in [-0.4, -0.2) is 4.57 Å². The number of nitrogens with zero attached hydrogens (tertiary/aromatic N) is 2. The maximum atomic E-state index is 6.40. The van der Waals surface area contributed by atoms with Crippen molar-refractivity contribution in [3.05, 3.63) is 241 Å². The third kappa shape index (κ3) is 4.76. The normalized spacial score (nSPS) is 13.5. The number of rotatable bonds is 4. The van der Waals surface area contributed by atoms with E-state index in [-0.39, 0.29) is 0 Å². The zero-order valence-corrected chi connectivity index (χ0v) is 34.8. The van der Waals surface area contributed by atoms with Gasteiger partial charge in [-0.25, -0.2) is 0 Å². The minimum Gasteiger partial charge on any atom is -0.456 e. The molecule has 63 heavy (non-hydrogen) atoms. The van der Waals surface area contributed by atoms with Crippen LogP contribution in [0.4, 0.5) is 17.1 Å². The SMILES string of the molecule is c1ccc(N(c2ccc3c(c2)c2ccccc2n3-c2ccc3c(c2)oc2ccccc23)c2ccc3c4c(cccc24)C2(c4ccccc4Sc4ccccc42)c2ccccc2-3)cc1. The molecule has 2 aromatic heterocycles. The van der Waals surface area contributed by atoms with Gasteiger partial charge < -0.3 is 13.9 Å². The molecule has 0 bridgehead atoms. The van der Waals surface area contributed by atoms with E-state index in [4.69, 9.17) is 4.42 Å². The molecular weight excluding hydrogens is 785 g/mol. The Morgan fingerprint density at radius 2 is 1.05 bits per heavy atom. The number of hydrogen-bond donors (Lipinski definition) is 0. The van der Waals surface area contributed by atoms with E-state index in [0.29, 0.717) is 0 Å². The van der Waals surface area contributed by atoms with Crippen LogP contribution < -0.4 is 4.90 Å². The second-order valence-electron chi connectivity index (χ2n) is 16.8. The Bertz CT molecular complexity index is 3810. The molecule has 3 heterocycles. The van der Waals surface area contributed by atoms with E-state index in [1.807, 2.05) is 23.9 Å². The standard InChI is InChI=1S/C59H36N2OS/c1-2-15-37(16-3-1)60(38-30-33-53-46(35-38)41-18-5-10-25-51(41)61(53)39-29-31-43-42-19-6-11-26-54(42)62-55(43)36-39)52-34-32-44-40-17-4-7-21-47(40)59(50-24-14-20-45(52)58(44)50)48-22-8-12-27-56(48)63-57-28-13-9-23-49(57)59/h1-36H. The molecule has 1 aliphatic heterocycles. The van der Waals surface area contributed by atoms with Gasteiger partial charge in [0, 0.05) is 59.9 Å². The molecule has 4 heteroatoms. The molecule has 0 amide bonds. The van der Waals surface area contributed by atoms with Crippen molar-refractivity contribution >= 4 is 83.3 Å². The summed E-state index contributed by atoms with van der Waals surface area (Å²) in [5, 5.41) is 7.18. The van der Waals surface area contributed by atoms with Crippen molar-refractivity contribution in [1.82, 2.24) is 4.57 Å². The van der Waals surface area contributed by atoms with Crippen molar-refractivity contribution in [2.45, 2.75) is 15.2 Å². The van der Waals surface area contributed by atoms with Crippen LogP contribution in [0.1, 0.15) is 22.3 Å². The zero-order valence-electron chi connectivity index (χ0n) is 34.0. The molecule has 12 aromatic rings. The number of aromatic nitrogens is 1. The molecule has 294 valence electrons. The Morgan fingerprint density at radius 3 is 1.89 bits per heavy atom. The Kier molecular flexibility index (Phi) is 7.26. The molecule has 0 atom stereocenters. The van der Waals surface area contributed by atoms with Gasteiger partial charge in [0.2, 0.25) is 0 Å². The van der Waals surface area contributed by atoms with E-state index in [1.54, 1.807) is 0 Å². The smallest absolute Gasteiger partial charge is 0.137 e. The summed E-state index contributed by atoms with van der Waals surface area (Å²) < 4.78 is 8.78. The first-order valence-electron chi connectivity index (χ1n) is 21.6. The van der Waals surface area contributed by atoms with Crippen LogP contribution in [0.3, 0.4) is 0 Å². The summed E-state index contributed by atoms with van der Waals surface area (Å²) in [6, 6.07) is 80.4. The fraction of sp³-hybridized carbons (Fsp3) is 0.0169. The highest BCUT2D eigenvalue weighted by atomic mass is 32.2. The number of para-hydroxylation sites is 3. The predicted molar refractivity (Wildman–Crippen MR) is 262 cm³/mol. The quantitative estimate of drug-likeness (QED) is 0.176. The summed E-state index contributed by atoms with van der Waals surface area (Å²) in [6.07, 6.45) is 0. The van der Waals surface area contributed by atoms with Gasteiger partial charge in [0.05, 0.1) is 22.1 Å². The summed E-state index contributed by atoms with van der Waals surface area (Å²) in [5.74, 6) is 0. The second-order valence-corrected chi connectivity index (χ2v) is 17.8. The summed E-state index contributed by atoms with van der Waals surface area (Å²) in [7, 11) is 0. The first-order chi connectivity index (χ1) is 31.3. The average Bonchev–Trinajstić information content (AvgIpc) is 3.88. The van der Waals surface area contributed by atoms with Gasteiger partial charge in [0.15, 0.2) is 0 Å². The molecule has 0 saturated carbocycles. The number of furan rings is 1. The van der Waals surface area contributed by atoms with Gasteiger partial charge in [-0.2, -0.15) is 0 Å².